The van der Waals surface area contributed by atoms with Gasteiger partial charge in [-0.15, -0.1) is 0 Å². The molecule has 29 heavy (non-hydrogen) atoms. The molecule has 1 fully saturated rings. The van der Waals surface area contributed by atoms with Gasteiger partial charge in [0.2, 0.25) is 0 Å². The molecule has 1 saturated heterocycles. The zero-order chi connectivity index (χ0) is 20.6. The Hall–Kier alpha value is -2.71. The van der Waals surface area contributed by atoms with Crippen LogP contribution in [0.2, 0.25) is 0 Å². The number of piperazine rings is 1. The third-order valence-corrected chi connectivity index (χ3v) is 7.10. The predicted molar refractivity (Wildman–Crippen MR) is 114 cm³/mol. The molecular formula is C21H25N3O4S. The lowest BCUT2D eigenvalue weighted by atomic mass is 10.2. The summed E-state index contributed by atoms with van der Waals surface area (Å²) < 4.78 is 38.3. The molecule has 1 aliphatic heterocycles. The number of anilines is 1. The fraction of sp³-hybridized carbons (Fsp3) is 0.333. The molecule has 0 spiro atoms. The molecule has 1 aliphatic rings. The SMILES string of the molecule is COc1ccc(S(=O)(=O)n2ccc3cc(N4CCN(C)CC4)ccc32)cc1OC. The van der Waals surface area contributed by atoms with Crippen LogP contribution in [-0.2, 0) is 10.0 Å². The number of rotatable bonds is 5. The molecule has 0 aliphatic carbocycles. The van der Waals surface area contributed by atoms with Crippen molar-refractivity contribution in [2.45, 2.75) is 4.90 Å². The van der Waals surface area contributed by atoms with E-state index in [1.165, 1.54) is 30.3 Å². The van der Waals surface area contributed by atoms with Crippen LogP contribution in [0.4, 0.5) is 5.69 Å². The lowest BCUT2D eigenvalue weighted by Crippen LogP contribution is -2.44. The molecule has 0 amide bonds. The van der Waals surface area contributed by atoms with Crippen molar-refractivity contribution in [2.24, 2.45) is 0 Å². The van der Waals surface area contributed by atoms with Gasteiger partial charge >= 0.3 is 0 Å². The average molecular weight is 416 g/mol. The van der Waals surface area contributed by atoms with Crippen molar-refractivity contribution in [2.75, 3.05) is 52.3 Å². The number of likely N-dealkylation sites (N-methyl/N-ethyl adjacent to an activating group) is 1. The molecular weight excluding hydrogens is 390 g/mol. The Morgan fingerprint density at radius 1 is 0.862 bits per heavy atom. The first-order chi connectivity index (χ1) is 13.9. The monoisotopic (exact) mass is 415 g/mol. The zero-order valence-electron chi connectivity index (χ0n) is 16.8. The molecule has 0 saturated carbocycles. The van der Waals surface area contributed by atoms with Crippen LogP contribution in [0.3, 0.4) is 0 Å². The van der Waals surface area contributed by atoms with Crippen molar-refractivity contribution in [3.05, 3.63) is 48.7 Å². The van der Waals surface area contributed by atoms with E-state index in [0.717, 1.165) is 37.3 Å². The minimum Gasteiger partial charge on any atom is -0.493 e. The van der Waals surface area contributed by atoms with E-state index in [9.17, 15) is 8.42 Å². The van der Waals surface area contributed by atoms with Gasteiger partial charge in [-0.2, -0.15) is 0 Å². The third-order valence-electron chi connectivity index (χ3n) is 5.42. The van der Waals surface area contributed by atoms with Gasteiger partial charge in [0.25, 0.3) is 10.0 Å². The lowest BCUT2D eigenvalue weighted by molar-refractivity contribution is 0.313. The molecule has 1 aromatic heterocycles. The number of ether oxygens (including phenoxy) is 2. The van der Waals surface area contributed by atoms with E-state index in [1.54, 1.807) is 12.3 Å². The number of aromatic nitrogens is 1. The molecule has 0 bridgehead atoms. The molecule has 2 aromatic carbocycles. The summed E-state index contributed by atoms with van der Waals surface area (Å²) in [6.07, 6.45) is 1.60. The average Bonchev–Trinajstić information content (AvgIpc) is 3.17. The van der Waals surface area contributed by atoms with Gasteiger partial charge in [-0.25, -0.2) is 12.4 Å². The van der Waals surface area contributed by atoms with E-state index in [2.05, 4.69) is 22.9 Å². The van der Waals surface area contributed by atoms with Crippen molar-refractivity contribution < 1.29 is 17.9 Å². The van der Waals surface area contributed by atoms with Crippen molar-refractivity contribution in [1.29, 1.82) is 0 Å². The summed E-state index contributed by atoms with van der Waals surface area (Å²) in [6, 6.07) is 12.4. The highest BCUT2D eigenvalue weighted by molar-refractivity contribution is 7.90. The van der Waals surface area contributed by atoms with E-state index in [4.69, 9.17) is 9.47 Å². The maximum Gasteiger partial charge on any atom is 0.268 e. The second-order valence-corrected chi connectivity index (χ2v) is 8.98. The minimum atomic E-state index is -3.76. The predicted octanol–water partition coefficient (Wildman–Crippen LogP) is 2.65. The van der Waals surface area contributed by atoms with Crippen molar-refractivity contribution in [3.8, 4) is 11.5 Å². The molecule has 0 unspecified atom stereocenters. The molecule has 0 radical (unpaired) electrons. The van der Waals surface area contributed by atoms with Crippen molar-refractivity contribution in [3.63, 3.8) is 0 Å². The summed E-state index contributed by atoms with van der Waals surface area (Å²) in [5.41, 5.74) is 1.77. The topological polar surface area (TPSA) is 64.0 Å². The first kappa shape index (κ1) is 19.6. The molecule has 8 heteroatoms. The summed E-state index contributed by atoms with van der Waals surface area (Å²) in [6.45, 7) is 3.97. The number of nitrogens with zero attached hydrogens (tertiary/aromatic N) is 3. The highest BCUT2D eigenvalue weighted by Gasteiger charge is 2.22. The molecule has 0 N–H and O–H groups in total. The summed E-state index contributed by atoms with van der Waals surface area (Å²) in [4.78, 5) is 4.79. The van der Waals surface area contributed by atoms with Gasteiger partial charge in [-0.3, -0.25) is 0 Å². The van der Waals surface area contributed by atoms with Crippen LogP contribution in [-0.4, -0.2) is 64.7 Å². The summed E-state index contributed by atoms with van der Waals surface area (Å²) in [5.74, 6) is 0.864. The normalized spacial score (nSPS) is 15.6. The van der Waals surface area contributed by atoms with Gasteiger partial charge in [-0.1, -0.05) is 0 Å². The fourth-order valence-electron chi connectivity index (χ4n) is 3.67. The largest absolute Gasteiger partial charge is 0.493 e. The number of benzene rings is 2. The van der Waals surface area contributed by atoms with Crippen LogP contribution in [0.5, 0.6) is 11.5 Å². The maximum absolute atomic E-state index is 13.3. The first-order valence-electron chi connectivity index (χ1n) is 9.46. The number of methoxy groups -OCH3 is 2. The Labute approximate surface area is 171 Å². The van der Waals surface area contributed by atoms with E-state index < -0.39 is 10.0 Å². The maximum atomic E-state index is 13.3. The molecule has 0 atom stereocenters. The lowest BCUT2D eigenvalue weighted by Gasteiger charge is -2.34. The molecule has 7 nitrogen and oxygen atoms in total. The van der Waals surface area contributed by atoms with Gasteiger partial charge in [0.1, 0.15) is 0 Å². The first-order valence-corrected chi connectivity index (χ1v) is 10.9. The smallest absolute Gasteiger partial charge is 0.268 e. The molecule has 154 valence electrons. The summed E-state index contributed by atoms with van der Waals surface area (Å²) in [7, 11) is 1.36. The second kappa shape index (κ2) is 7.61. The molecule has 3 aromatic rings. The van der Waals surface area contributed by atoms with Crippen LogP contribution in [0.25, 0.3) is 10.9 Å². The van der Waals surface area contributed by atoms with Gasteiger partial charge in [-0.05, 0) is 43.4 Å². The van der Waals surface area contributed by atoms with E-state index in [-0.39, 0.29) is 4.90 Å². The Bertz CT molecular complexity index is 1130. The quantitative estimate of drug-likeness (QED) is 0.638. The van der Waals surface area contributed by atoms with Gasteiger partial charge in [0, 0.05) is 49.5 Å². The zero-order valence-corrected chi connectivity index (χ0v) is 17.6. The van der Waals surface area contributed by atoms with E-state index >= 15 is 0 Å². The second-order valence-electron chi connectivity index (χ2n) is 7.17. The number of hydrogen-bond donors (Lipinski definition) is 0. The Kier molecular flexibility index (Phi) is 5.14. The number of fused-ring (bicyclic) bond motifs is 1. The van der Waals surface area contributed by atoms with Crippen molar-refractivity contribution >= 4 is 26.6 Å². The highest BCUT2D eigenvalue weighted by atomic mass is 32.2. The summed E-state index contributed by atoms with van der Waals surface area (Å²) >= 11 is 0. The van der Waals surface area contributed by atoms with Crippen LogP contribution in [0, 0.1) is 0 Å². The van der Waals surface area contributed by atoms with E-state index in [0.29, 0.717) is 17.0 Å². The Morgan fingerprint density at radius 3 is 2.28 bits per heavy atom. The molecule has 4 rings (SSSR count). The molecule has 2 heterocycles. The van der Waals surface area contributed by atoms with Gasteiger partial charge in [0.05, 0.1) is 24.6 Å². The number of hydrogen-bond acceptors (Lipinski definition) is 6. The third kappa shape index (κ3) is 3.54. The van der Waals surface area contributed by atoms with Gasteiger partial charge < -0.3 is 19.3 Å². The van der Waals surface area contributed by atoms with E-state index in [1.807, 2.05) is 18.2 Å². The van der Waals surface area contributed by atoms with Crippen molar-refractivity contribution in [1.82, 2.24) is 8.87 Å². The summed E-state index contributed by atoms with van der Waals surface area (Å²) in [5, 5.41) is 0.894. The highest BCUT2D eigenvalue weighted by Crippen LogP contribution is 2.32. The minimum absolute atomic E-state index is 0.149. The van der Waals surface area contributed by atoms with Crippen LogP contribution >= 0.6 is 0 Å². The standard InChI is InChI=1S/C21H25N3O4S/c1-22-10-12-23(13-11-22)17-4-6-19-16(14-17)8-9-24(19)29(25,26)18-5-7-20(27-2)21(15-18)28-3/h4-9,14-15H,10-13H2,1-3H3. The van der Waals surface area contributed by atoms with Crippen LogP contribution < -0.4 is 14.4 Å². The fourth-order valence-corrected chi connectivity index (χ4v) is 5.04. The van der Waals surface area contributed by atoms with Crippen LogP contribution in [0.1, 0.15) is 0 Å². The Morgan fingerprint density at radius 2 is 1.59 bits per heavy atom. The Balaban J connectivity index is 1.70. The van der Waals surface area contributed by atoms with Crippen LogP contribution in [0.15, 0.2) is 53.6 Å². The van der Waals surface area contributed by atoms with Gasteiger partial charge in [0.15, 0.2) is 11.5 Å².